The molecule has 6 nitrogen and oxygen atoms in total. The van der Waals surface area contributed by atoms with Gasteiger partial charge in [-0.25, -0.2) is 9.18 Å². The molecule has 0 aliphatic rings. The van der Waals surface area contributed by atoms with Gasteiger partial charge in [0.05, 0.1) is 19.4 Å². The largest absolute Gasteiger partial charge is 0.445 e. The van der Waals surface area contributed by atoms with Gasteiger partial charge in [-0.05, 0) is 5.56 Å². The monoisotopic (exact) mass is 305 g/mol. The number of rotatable bonds is 7. The molecule has 1 atom stereocenters. The zero-order valence-electron chi connectivity index (χ0n) is 10.9. The number of benzene rings is 1. The Morgan fingerprint density at radius 3 is 2.60 bits per heavy atom. The quantitative estimate of drug-likeness (QED) is 0.766. The summed E-state index contributed by atoms with van der Waals surface area (Å²) in [7, 11) is -3.69. The van der Waals surface area contributed by atoms with Crippen LogP contribution in [0.15, 0.2) is 30.3 Å². The molecule has 1 aromatic rings. The Hall–Kier alpha value is -1.67. The van der Waals surface area contributed by atoms with Crippen molar-refractivity contribution in [2.45, 2.75) is 12.8 Å². The third kappa shape index (κ3) is 7.70. The van der Waals surface area contributed by atoms with Gasteiger partial charge >= 0.3 is 6.09 Å². The van der Waals surface area contributed by atoms with Gasteiger partial charge in [0.2, 0.25) is 0 Å². The highest BCUT2D eigenvalue weighted by Gasteiger charge is 2.13. The molecule has 0 spiro atoms. The summed E-state index contributed by atoms with van der Waals surface area (Å²) in [6.45, 7) is -0.954. The first-order valence-electron chi connectivity index (χ1n) is 5.80. The summed E-state index contributed by atoms with van der Waals surface area (Å²) in [4.78, 5) is 11.3. The molecule has 0 heterocycles. The Kier molecular flexibility index (Phi) is 6.40. The summed E-state index contributed by atoms with van der Waals surface area (Å²) in [5.41, 5.74) is 0.805. The Morgan fingerprint density at radius 2 is 2.00 bits per heavy atom. The van der Waals surface area contributed by atoms with E-state index in [1.54, 1.807) is 24.3 Å². The zero-order chi connectivity index (χ0) is 15.0. The standard InChI is InChI=1S/C12H16FNO5S/c1-20(16,17)19-9-11(13)7-14-12(15)18-8-10-5-3-2-4-6-10/h2-6,11H,7-9H2,1H3,(H,14,15)/t11-/m0/s1. The molecule has 0 bridgehead atoms. The summed E-state index contributed by atoms with van der Waals surface area (Å²) in [6, 6.07) is 9.00. The maximum Gasteiger partial charge on any atom is 0.407 e. The molecule has 0 fully saturated rings. The molecule has 8 heteroatoms. The molecule has 1 rings (SSSR count). The number of nitrogens with one attached hydrogen (secondary N) is 1. The van der Waals surface area contributed by atoms with Crippen molar-refractivity contribution in [3.63, 3.8) is 0 Å². The second-order valence-electron chi connectivity index (χ2n) is 4.03. The van der Waals surface area contributed by atoms with Crippen LogP contribution in [-0.4, -0.2) is 40.1 Å². The minimum Gasteiger partial charge on any atom is -0.445 e. The smallest absolute Gasteiger partial charge is 0.407 e. The van der Waals surface area contributed by atoms with E-state index in [1.807, 2.05) is 6.07 Å². The third-order valence-corrected chi connectivity index (χ3v) is 2.71. The van der Waals surface area contributed by atoms with Crippen LogP contribution in [0.5, 0.6) is 0 Å². The van der Waals surface area contributed by atoms with Crippen LogP contribution in [0, 0.1) is 0 Å². The van der Waals surface area contributed by atoms with Gasteiger partial charge in [-0.15, -0.1) is 0 Å². The highest BCUT2D eigenvalue weighted by molar-refractivity contribution is 7.85. The van der Waals surface area contributed by atoms with Crippen LogP contribution in [0.3, 0.4) is 0 Å². The Labute approximate surface area is 117 Å². The predicted octanol–water partition coefficient (Wildman–Crippen LogP) is 1.23. The average molecular weight is 305 g/mol. The number of halogens is 1. The molecule has 0 saturated carbocycles. The number of hydrogen-bond acceptors (Lipinski definition) is 5. The number of alkyl carbamates (subject to hydrolysis) is 1. The maximum atomic E-state index is 13.2. The van der Waals surface area contributed by atoms with Crippen molar-refractivity contribution in [3.8, 4) is 0 Å². The van der Waals surface area contributed by atoms with E-state index in [9.17, 15) is 17.6 Å². The van der Waals surface area contributed by atoms with Gasteiger partial charge in [0, 0.05) is 0 Å². The van der Waals surface area contributed by atoms with E-state index in [0.717, 1.165) is 11.8 Å². The van der Waals surface area contributed by atoms with E-state index in [4.69, 9.17) is 4.74 Å². The van der Waals surface area contributed by atoms with E-state index in [0.29, 0.717) is 0 Å². The van der Waals surface area contributed by atoms with Crippen LogP contribution in [0.25, 0.3) is 0 Å². The second-order valence-corrected chi connectivity index (χ2v) is 5.67. The highest BCUT2D eigenvalue weighted by Crippen LogP contribution is 2.01. The first-order valence-corrected chi connectivity index (χ1v) is 7.61. The van der Waals surface area contributed by atoms with E-state index in [2.05, 4.69) is 9.50 Å². The van der Waals surface area contributed by atoms with Gasteiger partial charge in [0.15, 0.2) is 0 Å². The second kappa shape index (κ2) is 7.81. The van der Waals surface area contributed by atoms with Gasteiger partial charge in [-0.3, -0.25) is 4.18 Å². The summed E-state index contributed by atoms with van der Waals surface area (Å²) in [5.74, 6) is 0. The van der Waals surface area contributed by atoms with Gasteiger partial charge < -0.3 is 10.1 Å². The van der Waals surface area contributed by atoms with Crippen LogP contribution < -0.4 is 5.32 Å². The van der Waals surface area contributed by atoms with Crippen LogP contribution in [0.1, 0.15) is 5.56 Å². The van der Waals surface area contributed by atoms with Crippen molar-refractivity contribution in [1.29, 1.82) is 0 Å². The lowest BCUT2D eigenvalue weighted by molar-refractivity contribution is 0.132. The SMILES string of the molecule is CS(=O)(=O)OC[C@@H](F)CNC(=O)OCc1ccccc1. The Morgan fingerprint density at radius 1 is 1.35 bits per heavy atom. The molecule has 0 saturated heterocycles. The van der Waals surface area contributed by atoms with Gasteiger partial charge in [0.1, 0.15) is 12.8 Å². The molecule has 0 aliphatic carbocycles. The topological polar surface area (TPSA) is 81.7 Å². The molecule has 1 aromatic carbocycles. The minimum absolute atomic E-state index is 0.0729. The predicted molar refractivity (Wildman–Crippen MR) is 70.3 cm³/mol. The van der Waals surface area contributed by atoms with Crippen molar-refractivity contribution >= 4 is 16.2 Å². The Bertz CT molecular complexity index is 520. The number of carbonyl (C=O) groups excluding carboxylic acids is 1. The first kappa shape index (κ1) is 16.4. The number of amides is 1. The van der Waals surface area contributed by atoms with E-state index in [-0.39, 0.29) is 13.2 Å². The van der Waals surface area contributed by atoms with Gasteiger partial charge in [-0.1, -0.05) is 30.3 Å². The van der Waals surface area contributed by atoms with E-state index in [1.165, 1.54) is 0 Å². The normalized spacial score (nSPS) is 12.7. The molecular formula is C12H16FNO5S. The molecule has 0 radical (unpaired) electrons. The first-order chi connectivity index (χ1) is 9.37. The fraction of sp³-hybridized carbons (Fsp3) is 0.417. The zero-order valence-corrected chi connectivity index (χ0v) is 11.7. The summed E-state index contributed by atoms with van der Waals surface area (Å²) < 4.78 is 43.6. The average Bonchev–Trinajstić information content (AvgIpc) is 2.41. The summed E-state index contributed by atoms with van der Waals surface area (Å²) in [6.07, 6.45) is -1.59. The number of carbonyl (C=O) groups is 1. The lowest BCUT2D eigenvalue weighted by atomic mass is 10.2. The van der Waals surface area contributed by atoms with E-state index >= 15 is 0 Å². The molecular weight excluding hydrogens is 289 g/mol. The van der Waals surface area contributed by atoms with Crippen molar-refractivity contribution in [1.82, 2.24) is 5.32 Å². The molecule has 1 amide bonds. The molecule has 1 N–H and O–H groups in total. The number of ether oxygens (including phenoxy) is 1. The van der Waals surface area contributed by atoms with Crippen LogP contribution in [0.4, 0.5) is 9.18 Å². The molecule has 20 heavy (non-hydrogen) atoms. The van der Waals surface area contributed by atoms with Gasteiger partial charge in [0.25, 0.3) is 10.1 Å². The van der Waals surface area contributed by atoms with Crippen molar-refractivity contribution in [2.24, 2.45) is 0 Å². The van der Waals surface area contributed by atoms with Gasteiger partial charge in [-0.2, -0.15) is 8.42 Å². The van der Waals surface area contributed by atoms with Crippen LogP contribution in [-0.2, 0) is 25.6 Å². The number of hydrogen-bond donors (Lipinski definition) is 1. The molecule has 0 aromatic heterocycles. The fourth-order valence-electron chi connectivity index (χ4n) is 1.22. The van der Waals surface area contributed by atoms with Crippen LogP contribution >= 0.6 is 0 Å². The molecule has 112 valence electrons. The molecule has 0 aliphatic heterocycles. The lowest BCUT2D eigenvalue weighted by Crippen LogP contribution is -2.33. The fourth-order valence-corrected chi connectivity index (χ4v) is 1.62. The highest BCUT2D eigenvalue weighted by atomic mass is 32.2. The summed E-state index contributed by atoms with van der Waals surface area (Å²) >= 11 is 0. The number of alkyl halides is 1. The van der Waals surface area contributed by atoms with E-state index < -0.39 is 29.0 Å². The maximum absolute atomic E-state index is 13.2. The van der Waals surface area contributed by atoms with Crippen molar-refractivity contribution < 1.29 is 26.5 Å². The Balaban J connectivity index is 2.19. The van der Waals surface area contributed by atoms with Crippen LogP contribution in [0.2, 0.25) is 0 Å². The van der Waals surface area contributed by atoms with Crippen molar-refractivity contribution in [2.75, 3.05) is 19.4 Å². The minimum atomic E-state index is -3.69. The van der Waals surface area contributed by atoms with Crippen molar-refractivity contribution in [3.05, 3.63) is 35.9 Å². The molecule has 0 unspecified atom stereocenters. The third-order valence-electron chi connectivity index (χ3n) is 2.14. The lowest BCUT2D eigenvalue weighted by Gasteiger charge is -2.10. The summed E-state index contributed by atoms with van der Waals surface area (Å²) in [5, 5.41) is 2.18.